The van der Waals surface area contributed by atoms with E-state index in [4.69, 9.17) is 4.42 Å². The first-order valence-electron chi connectivity index (χ1n) is 17.0. The van der Waals surface area contributed by atoms with Crippen LogP contribution in [0.25, 0.3) is 66.4 Å². The largest absolute Gasteiger partial charge is 0.456 e. The summed E-state index contributed by atoms with van der Waals surface area (Å²) in [6, 6.07) is 71.1. The molecule has 0 atom stereocenters. The maximum atomic E-state index is 6.43. The zero-order valence-electron chi connectivity index (χ0n) is 27.4. The van der Waals surface area contributed by atoms with E-state index in [0.717, 1.165) is 50.1 Å². The second kappa shape index (κ2) is 12.8. The molecule has 0 aliphatic carbocycles. The summed E-state index contributed by atoms with van der Waals surface area (Å²) in [4.78, 5) is 2.41. The molecular formula is C48H33NO. The quantitative estimate of drug-likeness (QED) is 0.173. The van der Waals surface area contributed by atoms with Crippen LogP contribution in [0.3, 0.4) is 0 Å². The highest BCUT2D eigenvalue weighted by atomic mass is 16.3. The molecule has 50 heavy (non-hydrogen) atoms. The van der Waals surface area contributed by atoms with Crippen molar-refractivity contribution in [1.29, 1.82) is 0 Å². The van der Waals surface area contributed by atoms with Crippen molar-refractivity contribution in [1.82, 2.24) is 0 Å². The third kappa shape index (κ3) is 5.24. The first kappa shape index (κ1) is 29.5. The minimum Gasteiger partial charge on any atom is -0.456 e. The van der Waals surface area contributed by atoms with E-state index in [0.29, 0.717) is 0 Å². The Kier molecular flexibility index (Phi) is 7.53. The SMILES string of the molecule is c1ccc(-c2cccc(N(c3ccccc3-c3ccccc3-c3ccccc3-c3ccccc3)c3cccc4oc5ccccc5c34)c2)cc1. The Morgan fingerprint density at radius 3 is 1.58 bits per heavy atom. The molecule has 2 nitrogen and oxygen atoms in total. The van der Waals surface area contributed by atoms with Crippen molar-refractivity contribution in [3.63, 3.8) is 0 Å². The number of benzene rings is 8. The molecule has 236 valence electrons. The van der Waals surface area contributed by atoms with E-state index in [2.05, 4.69) is 193 Å². The van der Waals surface area contributed by atoms with E-state index in [-0.39, 0.29) is 0 Å². The average molecular weight is 640 g/mol. The smallest absolute Gasteiger partial charge is 0.137 e. The Morgan fingerprint density at radius 2 is 0.820 bits per heavy atom. The molecule has 1 aromatic heterocycles. The number of rotatable bonds is 7. The number of nitrogens with zero attached hydrogens (tertiary/aromatic N) is 1. The van der Waals surface area contributed by atoms with Gasteiger partial charge in [-0.05, 0) is 75.3 Å². The van der Waals surface area contributed by atoms with Gasteiger partial charge in [-0.15, -0.1) is 0 Å². The molecule has 0 aliphatic rings. The Balaban J connectivity index is 1.31. The molecule has 8 aromatic carbocycles. The highest BCUT2D eigenvalue weighted by Crippen LogP contribution is 2.48. The van der Waals surface area contributed by atoms with Gasteiger partial charge >= 0.3 is 0 Å². The minimum absolute atomic E-state index is 0.864. The molecule has 0 saturated heterocycles. The Labute approximate surface area is 292 Å². The van der Waals surface area contributed by atoms with Crippen LogP contribution < -0.4 is 4.90 Å². The van der Waals surface area contributed by atoms with Crippen LogP contribution in [0.15, 0.2) is 205 Å². The Bertz CT molecular complexity index is 2600. The first-order valence-corrected chi connectivity index (χ1v) is 17.0. The zero-order valence-corrected chi connectivity index (χ0v) is 27.4. The summed E-state index contributed by atoms with van der Waals surface area (Å²) in [5.41, 5.74) is 14.4. The van der Waals surface area contributed by atoms with Gasteiger partial charge in [0.05, 0.1) is 16.8 Å². The minimum atomic E-state index is 0.864. The van der Waals surface area contributed by atoms with Crippen LogP contribution in [0.2, 0.25) is 0 Å². The van der Waals surface area contributed by atoms with Gasteiger partial charge in [0.2, 0.25) is 0 Å². The predicted molar refractivity (Wildman–Crippen MR) is 210 cm³/mol. The monoisotopic (exact) mass is 639 g/mol. The van der Waals surface area contributed by atoms with Crippen molar-refractivity contribution >= 4 is 39.0 Å². The number of fused-ring (bicyclic) bond motifs is 3. The molecule has 0 fully saturated rings. The van der Waals surface area contributed by atoms with Gasteiger partial charge < -0.3 is 9.32 Å². The summed E-state index contributed by atoms with van der Waals surface area (Å²) in [5, 5.41) is 2.18. The lowest BCUT2D eigenvalue weighted by atomic mass is 9.88. The summed E-state index contributed by atoms with van der Waals surface area (Å²) in [6.07, 6.45) is 0. The summed E-state index contributed by atoms with van der Waals surface area (Å²) in [5.74, 6) is 0. The molecule has 0 unspecified atom stereocenters. The third-order valence-electron chi connectivity index (χ3n) is 9.50. The fraction of sp³-hybridized carbons (Fsp3) is 0. The number of anilines is 3. The van der Waals surface area contributed by atoms with Crippen molar-refractivity contribution in [2.45, 2.75) is 0 Å². The average Bonchev–Trinajstić information content (AvgIpc) is 3.59. The van der Waals surface area contributed by atoms with Crippen LogP contribution in [0.4, 0.5) is 17.1 Å². The second-order valence-corrected chi connectivity index (χ2v) is 12.5. The molecule has 0 amide bonds. The molecule has 0 spiro atoms. The molecule has 2 heteroatoms. The van der Waals surface area contributed by atoms with Crippen LogP contribution in [0.5, 0.6) is 0 Å². The summed E-state index contributed by atoms with van der Waals surface area (Å²) in [7, 11) is 0. The Hall–Kier alpha value is -6.64. The maximum Gasteiger partial charge on any atom is 0.137 e. The van der Waals surface area contributed by atoms with Gasteiger partial charge in [0.15, 0.2) is 0 Å². The maximum absolute atomic E-state index is 6.43. The van der Waals surface area contributed by atoms with Gasteiger partial charge in [-0.2, -0.15) is 0 Å². The van der Waals surface area contributed by atoms with Crippen molar-refractivity contribution in [2.75, 3.05) is 4.90 Å². The lowest BCUT2D eigenvalue weighted by Crippen LogP contribution is -2.12. The van der Waals surface area contributed by atoms with Crippen LogP contribution in [-0.2, 0) is 0 Å². The van der Waals surface area contributed by atoms with E-state index in [1.165, 1.54) is 33.4 Å². The van der Waals surface area contributed by atoms with Gasteiger partial charge in [-0.25, -0.2) is 0 Å². The van der Waals surface area contributed by atoms with E-state index in [1.54, 1.807) is 0 Å². The van der Waals surface area contributed by atoms with E-state index < -0.39 is 0 Å². The molecule has 0 saturated carbocycles. The van der Waals surface area contributed by atoms with Gasteiger partial charge in [0.1, 0.15) is 11.2 Å². The highest BCUT2D eigenvalue weighted by molar-refractivity contribution is 6.14. The molecule has 0 N–H and O–H groups in total. The van der Waals surface area contributed by atoms with Crippen molar-refractivity contribution < 1.29 is 4.42 Å². The molecule has 0 radical (unpaired) electrons. The normalized spacial score (nSPS) is 11.2. The van der Waals surface area contributed by atoms with E-state index >= 15 is 0 Å². The fourth-order valence-electron chi connectivity index (χ4n) is 7.24. The molecule has 9 rings (SSSR count). The summed E-state index contributed by atoms with van der Waals surface area (Å²) in [6.45, 7) is 0. The topological polar surface area (TPSA) is 16.4 Å². The van der Waals surface area contributed by atoms with Crippen LogP contribution in [0.1, 0.15) is 0 Å². The lowest BCUT2D eigenvalue weighted by molar-refractivity contribution is 0.669. The molecule has 0 aliphatic heterocycles. The van der Waals surface area contributed by atoms with Crippen molar-refractivity contribution in [3.05, 3.63) is 200 Å². The van der Waals surface area contributed by atoms with Crippen molar-refractivity contribution in [3.8, 4) is 44.5 Å². The zero-order chi connectivity index (χ0) is 33.3. The van der Waals surface area contributed by atoms with Gasteiger partial charge in [-0.1, -0.05) is 164 Å². The molecule has 9 aromatic rings. The number of hydrogen-bond acceptors (Lipinski definition) is 2. The van der Waals surface area contributed by atoms with Crippen molar-refractivity contribution in [2.24, 2.45) is 0 Å². The Morgan fingerprint density at radius 1 is 0.320 bits per heavy atom. The van der Waals surface area contributed by atoms with Gasteiger partial charge in [0, 0.05) is 16.6 Å². The number of para-hydroxylation sites is 2. The highest BCUT2D eigenvalue weighted by Gasteiger charge is 2.23. The standard InChI is InChI=1S/C48H33NO/c1-3-17-34(18-4-1)36-21-15-22-37(33-36)49(45-30-16-32-47-48(45)43-28-12-14-31-46(43)50-47)44-29-13-11-27-42(44)41-26-10-9-25-40(41)39-24-8-7-23-38(39)35-19-5-2-6-20-35/h1-33H. The van der Waals surface area contributed by atoms with Crippen LogP contribution >= 0.6 is 0 Å². The molecule has 1 heterocycles. The predicted octanol–water partition coefficient (Wildman–Crippen LogP) is 13.7. The summed E-state index contributed by atoms with van der Waals surface area (Å²) >= 11 is 0. The fourth-order valence-corrected chi connectivity index (χ4v) is 7.24. The van der Waals surface area contributed by atoms with Gasteiger partial charge in [0.25, 0.3) is 0 Å². The van der Waals surface area contributed by atoms with Crippen LogP contribution in [0, 0.1) is 0 Å². The van der Waals surface area contributed by atoms with Gasteiger partial charge in [-0.3, -0.25) is 0 Å². The molecule has 0 bridgehead atoms. The number of furan rings is 1. The number of hydrogen-bond donors (Lipinski definition) is 0. The van der Waals surface area contributed by atoms with E-state index in [1.807, 2.05) is 12.1 Å². The van der Waals surface area contributed by atoms with E-state index in [9.17, 15) is 0 Å². The lowest BCUT2D eigenvalue weighted by Gasteiger charge is -2.29. The molecular weight excluding hydrogens is 607 g/mol. The third-order valence-corrected chi connectivity index (χ3v) is 9.50. The first-order chi connectivity index (χ1) is 24.8. The van der Waals surface area contributed by atoms with Crippen LogP contribution in [-0.4, -0.2) is 0 Å². The summed E-state index contributed by atoms with van der Waals surface area (Å²) < 4.78 is 6.43. The second-order valence-electron chi connectivity index (χ2n) is 12.5.